The van der Waals surface area contributed by atoms with Gasteiger partial charge in [-0.3, -0.25) is 35.5 Å². The molecular formula is C17H13ClN6O5. The minimum Gasteiger partial charge on any atom is -0.295 e. The summed E-state index contributed by atoms with van der Waals surface area (Å²) in [6, 6.07) is 9.72. The van der Waals surface area contributed by atoms with Crippen molar-refractivity contribution in [2.75, 3.05) is 5.43 Å². The Hall–Kier alpha value is -3.99. The highest BCUT2D eigenvalue weighted by atomic mass is 35.5. The Morgan fingerprint density at radius 3 is 2.45 bits per heavy atom. The van der Waals surface area contributed by atoms with Gasteiger partial charge in [0.05, 0.1) is 33.4 Å². The molecule has 0 fully saturated rings. The summed E-state index contributed by atoms with van der Waals surface area (Å²) in [5.74, 6) is 0. The van der Waals surface area contributed by atoms with E-state index in [1.807, 2.05) is 0 Å². The quantitative estimate of drug-likeness (QED) is 0.357. The van der Waals surface area contributed by atoms with Crippen molar-refractivity contribution in [1.29, 1.82) is 0 Å². The number of H-pyrrole nitrogens is 1. The monoisotopic (exact) mass is 416 g/mol. The fraction of sp³-hybridized carbons (Fsp3) is 0.0588. The molecule has 148 valence electrons. The van der Waals surface area contributed by atoms with Gasteiger partial charge in [-0.05, 0) is 37.3 Å². The van der Waals surface area contributed by atoms with E-state index >= 15 is 0 Å². The first-order valence-electron chi connectivity index (χ1n) is 8.07. The zero-order valence-electron chi connectivity index (χ0n) is 14.8. The van der Waals surface area contributed by atoms with Gasteiger partial charge >= 0.3 is 5.69 Å². The Kier molecular flexibility index (Phi) is 5.41. The molecule has 0 aliphatic carbocycles. The standard InChI is InChI=1S/C17H13ClN6O5/c1-10-14(17(25)22(21-10)12-4-2-11(18)3-5-12)9-19-20-15-7-6-13(23(26)27)8-16(15)24(28)29/h2-9,20-21H,1H3. The van der Waals surface area contributed by atoms with E-state index in [0.29, 0.717) is 16.4 Å². The van der Waals surface area contributed by atoms with Crippen LogP contribution in [-0.4, -0.2) is 25.8 Å². The molecule has 0 aliphatic rings. The largest absolute Gasteiger partial charge is 0.301 e. The summed E-state index contributed by atoms with van der Waals surface area (Å²) < 4.78 is 1.31. The van der Waals surface area contributed by atoms with Gasteiger partial charge in [-0.15, -0.1) is 0 Å². The summed E-state index contributed by atoms with van der Waals surface area (Å²) in [4.78, 5) is 33.0. The molecule has 0 bridgehead atoms. The van der Waals surface area contributed by atoms with Crippen molar-refractivity contribution in [1.82, 2.24) is 9.78 Å². The number of non-ortho nitro benzene ring substituents is 1. The van der Waals surface area contributed by atoms with Gasteiger partial charge in [-0.2, -0.15) is 5.10 Å². The molecule has 0 radical (unpaired) electrons. The molecule has 2 aromatic carbocycles. The number of hydrogen-bond acceptors (Lipinski definition) is 7. The number of nitro benzene ring substituents is 2. The van der Waals surface area contributed by atoms with Gasteiger partial charge in [0.1, 0.15) is 5.69 Å². The van der Waals surface area contributed by atoms with Crippen LogP contribution in [0.15, 0.2) is 52.4 Å². The van der Waals surface area contributed by atoms with Crippen LogP contribution in [0.4, 0.5) is 17.1 Å². The molecule has 29 heavy (non-hydrogen) atoms. The highest BCUT2D eigenvalue weighted by Gasteiger charge is 2.19. The van der Waals surface area contributed by atoms with Gasteiger partial charge in [0.25, 0.3) is 11.2 Å². The number of rotatable bonds is 6. The molecule has 0 saturated carbocycles. The Morgan fingerprint density at radius 2 is 1.83 bits per heavy atom. The Balaban J connectivity index is 1.88. The van der Waals surface area contributed by atoms with Crippen LogP contribution in [0.2, 0.25) is 5.02 Å². The zero-order valence-corrected chi connectivity index (χ0v) is 15.6. The third-order valence-corrected chi connectivity index (χ3v) is 4.22. The van der Waals surface area contributed by atoms with Crippen LogP contribution in [0, 0.1) is 27.2 Å². The maximum absolute atomic E-state index is 12.6. The minimum absolute atomic E-state index is 0.0527. The Bertz CT molecular complexity index is 1180. The lowest BCUT2D eigenvalue weighted by atomic mass is 10.2. The number of aromatic nitrogens is 2. The number of nitro groups is 2. The predicted octanol–water partition coefficient (Wildman–Crippen LogP) is 3.39. The first-order valence-corrected chi connectivity index (χ1v) is 8.45. The summed E-state index contributed by atoms with van der Waals surface area (Å²) in [6.07, 6.45) is 1.21. The lowest BCUT2D eigenvalue weighted by Crippen LogP contribution is -2.17. The second-order valence-electron chi connectivity index (χ2n) is 5.85. The lowest BCUT2D eigenvalue weighted by molar-refractivity contribution is -0.393. The van der Waals surface area contributed by atoms with Crippen LogP contribution in [0.5, 0.6) is 0 Å². The molecule has 11 nitrogen and oxygen atoms in total. The van der Waals surface area contributed by atoms with Crippen molar-refractivity contribution < 1.29 is 9.85 Å². The van der Waals surface area contributed by atoms with E-state index in [1.54, 1.807) is 31.2 Å². The Morgan fingerprint density at radius 1 is 1.14 bits per heavy atom. The van der Waals surface area contributed by atoms with Crippen LogP contribution in [-0.2, 0) is 0 Å². The third-order valence-electron chi connectivity index (χ3n) is 3.97. The Labute approximate surface area is 167 Å². The summed E-state index contributed by atoms with van der Waals surface area (Å²) in [7, 11) is 0. The van der Waals surface area contributed by atoms with Crippen molar-refractivity contribution in [2.24, 2.45) is 5.10 Å². The van der Waals surface area contributed by atoms with Gasteiger partial charge in [0.15, 0.2) is 0 Å². The molecule has 1 heterocycles. The number of aryl methyl sites for hydroxylation is 1. The topological polar surface area (TPSA) is 148 Å². The van der Waals surface area contributed by atoms with Crippen LogP contribution in [0.3, 0.4) is 0 Å². The zero-order chi connectivity index (χ0) is 21.1. The van der Waals surface area contributed by atoms with Gasteiger partial charge in [-0.1, -0.05) is 11.6 Å². The van der Waals surface area contributed by atoms with Gasteiger partial charge < -0.3 is 0 Å². The summed E-state index contributed by atoms with van der Waals surface area (Å²) >= 11 is 5.85. The lowest BCUT2D eigenvalue weighted by Gasteiger charge is -2.01. The van der Waals surface area contributed by atoms with Gasteiger partial charge in [0, 0.05) is 16.8 Å². The summed E-state index contributed by atoms with van der Waals surface area (Å²) in [5.41, 5.74) is 2.41. The van der Waals surface area contributed by atoms with E-state index in [4.69, 9.17) is 11.6 Å². The molecule has 3 rings (SSSR count). The summed E-state index contributed by atoms with van der Waals surface area (Å²) in [5, 5.41) is 29.2. The number of nitrogens with one attached hydrogen (secondary N) is 2. The number of hydrazone groups is 1. The molecule has 2 N–H and O–H groups in total. The fourth-order valence-corrected chi connectivity index (χ4v) is 2.66. The normalized spacial score (nSPS) is 11.0. The predicted molar refractivity (Wildman–Crippen MR) is 107 cm³/mol. The van der Waals surface area contributed by atoms with Crippen molar-refractivity contribution in [2.45, 2.75) is 6.92 Å². The van der Waals surface area contributed by atoms with E-state index < -0.39 is 21.2 Å². The average Bonchev–Trinajstić information content (AvgIpc) is 2.96. The number of aromatic amines is 1. The number of anilines is 1. The molecule has 0 atom stereocenters. The third kappa shape index (κ3) is 4.14. The maximum Gasteiger partial charge on any atom is 0.301 e. The van der Waals surface area contributed by atoms with Crippen LogP contribution in [0.25, 0.3) is 5.69 Å². The van der Waals surface area contributed by atoms with Crippen molar-refractivity contribution in [3.05, 3.63) is 89.3 Å². The van der Waals surface area contributed by atoms with Crippen molar-refractivity contribution in [3.8, 4) is 5.69 Å². The molecule has 12 heteroatoms. The van der Waals surface area contributed by atoms with E-state index in [2.05, 4.69) is 15.6 Å². The van der Waals surface area contributed by atoms with Crippen LogP contribution < -0.4 is 11.0 Å². The first-order chi connectivity index (χ1) is 13.8. The van der Waals surface area contributed by atoms with Gasteiger partial charge in [0.2, 0.25) is 0 Å². The van der Waals surface area contributed by atoms with Crippen LogP contribution in [0.1, 0.15) is 11.3 Å². The second-order valence-corrected chi connectivity index (χ2v) is 6.29. The van der Waals surface area contributed by atoms with E-state index in [1.165, 1.54) is 17.0 Å². The summed E-state index contributed by atoms with van der Waals surface area (Å²) in [6.45, 7) is 1.67. The highest BCUT2D eigenvalue weighted by Crippen LogP contribution is 2.28. The van der Waals surface area contributed by atoms with Crippen LogP contribution >= 0.6 is 11.6 Å². The SMILES string of the molecule is Cc1[nH]n(-c2ccc(Cl)cc2)c(=O)c1C=NNc1ccc([N+](=O)[O-])cc1[N+](=O)[O-]. The maximum atomic E-state index is 12.6. The number of halogens is 1. The molecule has 0 unspecified atom stereocenters. The van der Waals surface area contributed by atoms with Crippen molar-refractivity contribution >= 4 is 34.9 Å². The van der Waals surface area contributed by atoms with Crippen molar-refractivity contribution in [3.63, 3.8) is 0 Å². The average molecular weight is 417 g/mol. The highest BCUT2D eigenvalue weighted by molar-refractivity contribution is 6.30. The first kappa shape index (κ1) is 19.8. The number of nitrogens with zero attached hydrogens (tertiary/aromatic N) is 4. The molecule has 0 saturated heterocycles. The van der Waals surface area contributed by atoms with E-state index in [-0.39, 0.29) is 16.8 Å². The molecule has 0 amide bonds. The molecule has 3 aromatic rings. The molecule has 1 aromatic heterocycles. The smallest absolute Gasteiger partial charge is 0.295 e. The van der Waals surface area contributed by atoms with Gasteiger partial charge in [-0.25, -0.2) is 4.68 Å². The second kappa shape index (κ2) is 7.94. The molecule has 0 spiro atoms. The van der Waals surface area contributed by atoms with E-state index in [0.717, 1.165) is 12.1 Å². The minimum atomic E-state index is -0.764. The fourth-order valence-electron chi connectivity index (χ4n) is 2.53. The number of benzene rings is 2. The molecular weight excluding hydrogens is 404 g/mol. The molecule has 0 aliphatic heterocycles. The number of hydrogen-bond donors (Lipinski definition) is 2. The van der Waals surface area contributed by atoms with E-state index in [9.17, 15) is 25.0 Å².